The molecule has 1 aliphatic rings. The number of anilines is 1. The summed E-state index contributed by atoms with van der Waals surface area (Å²) in [6, 6.07) is 12.9. The van der Waals surface area contributed by atoms with Crippen LogP contribution in [-0.4, -0.2) is 45.8 Å². The molecule has 2 amide bonds. The molecule has 1 aliphatic heterocycles. The Kier molecular flexibility index (Phi) is 6.30. The Morgan fingerprint density at radius 1 is 1.17 bits per heavy atom. The van der Waals surface area contributed by atoms with Crippen LogP contribution in [0.4, 0.5) is 5.69 Å². The lowest BCUT2D eigenvalue weighted by Gasteiger charge is -2.14. The summed E-state index contributed by atoms with van der Waals surface area (Å²) in [5.41, 5.74) is 1.36. The molecule has 0 aliphatic carbocycles. The van der Waals surface area contributed by atoms with E-state index < -0.39 is 11.9 Å². The number of rotatable bonds is 6. The molecule has 2 aromatic rings. The Morgan fingerprint density at radius 3 is 2.41 bits per heavy atom. The molecule has 0 atom stereocenters. The van der Waals surface area contributed by atoms with Gasteiger partial charge in [0.1, 0.15) is 16.6 Å². The van der Waals surface area contributed by atoms with Crippen LogP contribution in [0.25, 0.3) is 6.08 Å². The number of ether oxygens (including phenoxy) is 1. The first-order chi connectivity index (χ1) is 13.9. The van der Waals surface area contributed by atoms with E-state index in [0.717, 1.165) is 17.3 Å². The first-order valence-corrected chi connectivity index (χ1v) is 9.62. The fourth-order valence-corrected chi connectivity index (χ4v) is 3.78. The number of amides is 2. The van der Waals surface area contributed by atoms with Crippen LogP contribution in [0.15, 0.2) is 53.4 Å². The van der Waals surface area contributed by atoms with Gasteiger partial charge in [-0.3, -0.25) is 14.5 Å². The zero-order chi connectivity index (χ0) is 21.0. The Morgan fingerprint density at radius 2 is 1.83 bits per heavy atom. The van der Waals surface area contributed by atoms with E-state index in [1.807, 2.05) is 12.1 Å². The average Bonchev–Trinajstić information content (AvgIpc) is 2.96. The lowest BCUT2D eigenvalue weighted by molar-refractivity contribution is -0.126. The van der Waals surface area contributed by atoms with E-state index in [2.05, 4.69) is 5.32 Å². The number of nitrogens with zero attached hydrogens (tertiary/aromatic N) is 1. The van der Waals surface area contributed by atoms with Gasteiger partial charge in [-0.1, -0.05) is 36.1 Å². The van der Waals surface area contributed by atoms with E-state index in [1.165, 1.54) is 29.2 Å². The quantitative estimate of drug-likeness (QED) is 0.539. The molecular weight excluding hydrogens is 412 g/mol. The fraction of sp³-hybridized carbons (Fsp3) is 0.100. The molecular formula is C20H16N2O5S2. The van der Waals surface area contributed by atoms with Crippen LogP contribution in [0.2, 0.25) is 0 Å². The van der Waals surface area contributed by atoms with E-state index >= 15 is 0 Å². The molecule has 7 nitrogen and oxygen atoms in total. The number of thioether (sulfide) groups is 1. The topological polar surface area (TPSA) is 95.9 Å². The highest BCUT2D eigenvalue weighted by atomic mass is 32.2. The normalized spacial score (nSPS) is 14.9. The third-order valence-electron chi connectivity index (χ3n) is 4.00. The van der Waals surface area contributed by atoms with Gasteiger partial charge in [0.05, 0.1) is 17.6 Å². The first kappa shape index (κ1) is 20.6. The van der Waals surface area contributed by atoms with Crippen LogP contribution in [0, 0.1) is 0 Å². The highest BCUT2D eigenvalue weighted by Gasteiger charge is 2.33. The Hall–Kier alpha value is -3.17. The number of carboxylic acid groups (broad SMARTS) is 1. The van der Waals surface area contributed by atoms with Gasteiger partial charge in [0.15, 0.2) is 0 Å². The number of benzene rings is 2. The van der Waals surface area contributed by atoms with Gasteiger partial charge in [0.25, 0.3) is 5.91 Å². The molecule has 0 saturated carbocycles. The van der Waals surface area contributed by atoms with Crippen LogP contribution < -0.4 is 10.1 Å². The zero-order valence-corrected chi connectivity index (χ0v) is 16.9. The van der Waals surface area contributed by atoms with Gasteiger partial charge in [-0.2, -0.15) is 0 Å². The molecule has 29 heavy (non-hydrogen) atoms. The van der Waals surface area contributed by atoms with E-state index in [-0.39, 0.29) is 18.0 Å². The van der Waals surface area contributed by atoms with Crippen LogP contribution in [0.3, 0.4) is 0 Å². The summed E-state index contributed by atoms with van der Waals surface area (Å²) in [4.78, 5) is 37.5. The number of thiocarbonyl (C=S) groups is 1. The van der Waals surface area contributed by atoms with Crippen LogP contribution in [0.5, 0.6) is 5.75 Å². The van der Waals surface area contributed by atoms with Gasteiger partial charge < -0.3 is 15.2 Å². The van der Waals surface area contributed by atoms with Gasteiger partial charge in [-0.05, 0) is 48.0 Å². The fourth-order valence-electron chi connectivity index (χ4n) is 2.53. The van der Waals surface area contributed by atoms with Crippen molar-refractivity contribution in [2.45, 2.75) is 0 Å². The number of carbonyl (C=O) groups excluding carboxylic acids is 2. The number of hydrogen-bond acceptors (Lipinski definition) is 6. The highest BCUT2D eigenvalue weighted by molar-refractivity contribution is 8.26. The van der Waals surface area contributed by atoms with Crippen molar-refractivity contribution in [2.75, 3.05) is 19.0 Å². The Labute approximate surface area is 176 Å². The second-order valence-electron chi connectivity index (χ2n) is 5.97. The maximum absolute atomic E-state index is 12.6. The summed E-state index contributed by atoms with van der Waals surface area (Å²) in [6.45, 7) is -0.231. The van der Waals surface area contributed by atoms with Gasteiger partial charge >= 0.3 is 5.97 Å². The summed E-state index contributed by atoms with van der Waals surface area (Å²) >= 11 is 6.37. The van der Waals surface area contributed by atoms with Crippen molar-refractivity contribution < 1.29 is 24.2 Å². The lowest BCUT2D eigenvalue weighted by atomic mass is 10.2. The number of hydrogen-bond donors (Lipinski definition) is 2. The Bertz CT molecular complexity index is 1000. The molecule has 9 heteroatoms. The summed E-state index contributed by atoms with van der Waals surface area (Å²) in [5, 5.41) is 11.5. The van der Waals surface area contributed by atoms with Crippen molar-refractivity contribution in [1.29, 1.82) is 0 Å². The van der Waals surface area contributed by atoms with Crippen LogP contribution >= 0.6 is 24.0 Å². The molecule has 0 spiro atoms. The van der Waals surface area contributed by atoms with Gasteiger partial charge in [0, 0.05) is 5.69 Å². The largest absolute Gasteiger partial charge is 0.497 e. The number of nitrogens with one attached hydrogen (secondary N) is 1. The molecule has 1 heterocycles. The minimum atomic E-state index is -1.05. The van der Waals surface area contributed by atoms with Gasteiger partial charge in [-0.15, -0.1) is 0 Å². The highest BCUT2D eigenvalue weighted by Crippen LogP contribution is 2.32. The van der Waals surface area contributed by atoms with Crippen molar-refractivity contribution in [2.24, 2.45) is 0 Å². The first-order valence-electron chi connectivity index (χ1n) is 8.40. The van der Waals surface area contributed by atoms with Crippen molar-refractivity contribution in [1.82, 2.24) is 4.90 Å². The molecule has 148 valence electrons. The van der Waals surface area contributed by atoms with Gasteiger partial charge in [-0.25, -0.2) is 4.79 Å². The van der Waals surface area contributed by atoms with Crippen molar-refractivity contribution in [3.8, 4) is 5.75 Å². The third kappa shape index (κ3) is 5.01. The molecule has 2 aromatic carbocycles. The summed E-state index contributed by atoms with van der Waals surface area (Å²) in [5.74, 6) is -1.12. The van der Waals surface area contributed by atoms with E-state index in [0.29, 0.717) is 20.7 Å². The maximum atomic E-state index is 12.6. The Balaban J connectivity index is 1.65. The number of methoxy groups -OCH3 is 1. The molecule has 0 bridgehead atoms. The SMILES string of the molecule is COc1ccc(/C=C2/SC(=S)N(CC(=O)Nc3ccc(C(=O)O)cc3)C2=O)cc1. The molecule has 2 N–H and O–H groups in total. The third-order valence-corrected chi connectivity index (χ3v) is 5.38. The second-order valence-corrected chi connectivity index (χ2v) is 7.65. The summed E-state index contributed by atoms with van der Waals surface area (Å²) in [7, 11) is 1.58. The molecule has 0 radical (unpaired) electrons. The minimum Gasteiger partial charge on any atom is -0.497 e. The maximum Gasteiger partial charge on any atom is 0.335 e. The monoisotopic (exact) mass is 428 g/mol. The van der Waals surface area contributed by atoms with E-state index in [4.69, 9.17) is 22.1 Å². The zero-order valence-electron chi connectivity index (χ0n) is 15.2. The summed E-state index contributed by atoms with van der Waals surface area (Å²) in [6.07, 6.45) is 1.71. The van der Waals surface area contributed by atoms with Crippen LogP contribution in [-0.2, 0) is 9.59 Å². The average molecular weight is 428 g/mol. The second kappa shape index (κ2) is 8.89. The van der Waals surface area contributed by atoms with E-state index in [1.54, 1.807) is 25.3 Å². The molecule has 1 saturated heterocycles. The molecule has 1 fully saturated rings. The number of carbonyl (C=O) groups is 3. The number of aromatic carboxylic acids is 1. The predicted molar refractivity (Wildman–Crippen MR) is 115 cm³/mol. The van der Waals surface area contributed by atoms with E-state index in [9.17, 15) is 14.4 Å². The summed E-state index contributed by atoms with van der Waals surface area (Å²) < 4.78 is 5.41. The smallest absolute Gasteiger partial charge is 0.335 e. The van der Waals surface area contributed by atoms with Crippen molar-refractivity contribution >= 4 is 57.8 Å². The van der Waals surface area contributed by atoms with Crippen LogP contribution in [0.1, 0.15) is 15.9 Å². The molecule has 3 rings (SSSR count). The minimum absolute atomic E-state index is 0.114. The lowest BCUT2D eigenvalue weighted by Crippen LogP contribution is -2.36. The predicted octanol–water partition coefficient (Wildman–Crippen LogP) is 3.23. The standard InChI is InChI=1S/C20H16N2O5S2/c1-27-15-8-2-12(3-9-15)10-16-18(24)22(20(28)29-16)11-17(23)21-14-6-4-13(5-7-14)19(25)26/h2-10H,11H2,1H3,(H,21,23)(H,25,26)/b16-10+. The van der Waals surface area contributed by atoms with Crippen molar-refractivity contribution in [3.63, 3.8) is 0 Å². The molecule has 0 unspecified atom stereocenters. The van der Waals surface area contributed by atoms with Gasteiger partial charge in [0.2, 0.25) is 5.91 Å². The molecule has 0 aromatic heterocycles. The number of carboxylic acids is 1. The van der Waals surface area contributed by atoms with Crippen molar-refractivity contribution in [3.05, 3.63) is 64.6 Å².